The smallest absolute Gasteiger partial charge is 0.0536 e. The van der Waals surface area contributed by atoms with Gasteiger partial charge in [0, 0.05) is 25.0 Å². The summed E-state index contributed by atoms with van der Waals surface area (Å²) >= 11 is 0. The number of nitrogens with one attached hydrogen (secondary N) is 1. The van der Waals surface area contributed by atoms with Crippen LogP contribution < -0.4 is 5.32 Å². The lowest BCUT2D eigenvalue weighted by atomic mass is 10.1. The van der Waals surface area contributed by atoms with E-state index in [9.17, 15) is 0 Å². The molecule has 2 heterocycles. The van der Waals surface area contributed by atoms with Crippen LogP contribution in [0.5, 0.6) is 0 Å². The van der Waals surface area contributed by atoms with E-state index < -0.39 is 0 Å². The first kappa shape index (κ1) is 12.6. The van der Waals surface area contributed by atoms with E-state index in [0.717, 1.165) is 25.7 Å². The third kappa shape index (κ3) is 4.13. The molecule has 0 unspecified atom stereocenters. The summed E-state index contributed by atoms with van der Waals surface area (Å²) in [5.41, 5.74) is 0. The summed E-state index contributed by atoms with van der Waals surface area (Å²) < 4.78 is 2.02. The average molecular weight is 236 g/mol. The van der Waals surface area contributed by atoms with Crippen molar-refractivity contribution in [1.82, 2.24) is 20.0 Å². The van der Waals surface area contributed by atoms with Gasteiger partial charge in [-0.2, -0.15) is 5.10 Å². The molecule has 17 heavy (non-hydrogen) atoms. The lowest BCUT2D eigenvalue weighted by molar-refractivity contribution is 0.190. The van der Waals surface area contributed by atoms with Crippen LogP contribution in [0.2, 0.25) is 0 Å². The summed E-state index contributed by atoms with van der Waals surface area (Å²) in [7, 11) is 0. The van der Waals surface area contributed by atoms with Crippen molar-refractivity contribution in [2.45, 2.75) is 38.8 Å². The van der Waals surface area contributed by atoms with Gasteiger partial charge in [0.05, 0.1) is 6.54 Å². The average Bonchev–Trinajstić information content (AvgIpc) is 2.88. The monoisotopic (exact) mass is 236 g/mol. The lowest BCUT2D eigenvalue weighted by Crippen LogP contribution is -2.43. The predicted octanol–water partition coefficient (Wildman–Crippen LogP) is 1.35. The molecular formula is C13H24N4. The van der Waals surface area contributed by atoms with Gasteiger partial charge in [-0.25, -0.2) is 0 Å². The Morgan fingerprint density at radius 1 is 1.29 bits per heavy atom. The molecule has 0 saturated carbocycles. The van der Waals surface area contributed by atoms with Crippen LogP contribution >= 0.6 is 0 Å². The molecule has 4 heteroatoms. The van der Waals surface area contributed by atoms with Gasteiger partial charge in [-0.1, -0.05) is 6.92 Å². The summed E-state index contributed by atoms with van der Waals surface area (Å²) in [6.45, 7) is 7.98. The van der Waals surface area contributed by atoms with Gasteiger partial charge < -0.3 is 10.2 Å². The second-order valence-corrected chi connectivity index (χ2v) is 4.84. The number of likely N-dealkylation sites (tertiary alicyclic amines) is 1. The van der Waals surface area contributed by atoms with Gasteiger partial charge >= 0.3 is 0 Å². The van der Waals surface area contributed by atoms with E-state index in [0.29, 0.717) is 0 Å². The number of aromatic nitrogens is 2. The Morgan fingerprint density at radius 2 is 2.12 bits per heavy atom. The quantitative estimate of drug-likeness (QED) is 0.809. The van der Waals surface area contributed by atoms with Crippen molar-refractivity contribution in [2.75, 3.05) is 26.2 Å². The van der Waals surface area contributed by atoms with Crippen LogP contribution in [0.25, 0.3) is 0 Å². The zero-order valence-electron chi connectivity index (χ0n) is 10.8. The maximum atomic E-state index is 4.23. The summed E-state index contributed by atoms with van der Waals surface area (Å²) in [4.78, 5) is 2.55. The Kier molecular flexibility index (Phi) is 5.01. The second-order valence-electron chi connectivity index (χ2n) is 4.84. The fourth-order valence-electron chi connectivity index (χ4n) is 2.39. The maximum Gasteiger partial charge on any atom is 0.0536 e. The number of piperidine rings is 1. The molecule has 1 N–H and O–H groups in total. The van der Waals surface area contributed by atoms with Crippen molar-refractivity contribution in [3.05, 3.63) is 18.5 Å². The normalized spacial score (nSPS) is 18.6. The minimum Gasteiger partial charge on any atom is -0.314 e. The second kappa shape index (κ2) is 6.77. The molecular weight excluding hydrogens is 212 g/mol. The minimum atomic E-state index is 0.746. The molecule has 0 aromatic carbocycles. The number of nitrogens with zero attached hydrogens (tertiary/aromatic N) is 3. The molecule has 1 aromatic rings. The van der Waals surface area contributed by atoms with Gasteiger partial charge in [0.15, 0.2) is 0 Å². The number of hydrogen-bond acceptors (Lipinski definition) is 3. The van der Waals surface area contributed by atoms with Crippen molar-refractivity contribution in [3.63, 3.8) is 0 Å². The van der Waals surface area contributed by atoms with Crippen molar-refractivity contribution in [2.24, 2.45) is 0 Å². The Hall–Kier alpha value is -0.870. The first-order valence-electron chi connectivity index (χ1n) is 6.81. The largest absolute Gasteiger partial charge is 0.314 e. The van der Waals surface area contributed by atoms with Gasteiger partial charge in [0.2, 0.25) is 0 Å². The van der Waals surface area contributed by atoms with Crippen LogP contribution in [-0.2, 0) is 6.54 Å². The number of rotatable bonds is 6. The molecule has 4 nitrogen and oxygen atoms in total. The van der Waals surface area contributed by atoms with Crippen molar-refractivity contribution in [1.29, 1.82) is 0 Å². The molecule has 0 aliphatic carbocycles. The highest BCUT2D eigenvalue weighted by Crippen LogP contribution is 2.10. The Balaban J connectivity index is 1.62. The van der Waals surface area contributed by atoms with E-state index in [4.69, 9.17) is 0 Å². The van der Waals surface area contributed by atoms with Crippen LogP contribution in [0.3, 0.4) is 0 Å². The van der Waals surface area contributed by atoms with Crippen molar-refractivity contribution >= 4 is 0 Å². The number of hydrogen-bond donors (Lipinski definition) is 1. The first-order valence-corrected chi connectivity index (χ1v) is 6.81. The molecule has 0 radical (unpaired) electrons. The molecule has 1 saturated heterocycles. The SMILES string of the molecule is CCCNC1CCN(CCn2cccn2)CC1. The molecule has 1 aliphatic rings. The molecule has 0 bridgehead atoms. The van der Waals surface area contributed by atoms with E-state index in [2.05, 4.69) is 22.2 Å². The molecule has 2 rings (SSSR count). The summed E-state index contributed by atoms with van der Waals surface area (Å²) in [5, 5.41) is 7.85. The van der Waals surface area contributed by atoms with Gasteiger partial charge in [0.1, 0.15) is 0 Å². The van der Waals surface area contributed by atoms with Crippen molar-refractivity contribution < 1.29 is 0 Å². The zero-order valence-corrected chi connectivity index (χ0v) is 10.8. The molecule has 96 valence electrons. The third-order valence-corrected chi connectivity index (χ3v) is 3.48. The minimum absolute atomic E-state index is 0.746. The fourth-order valence-corrected chi connectivity index (χ4v) is 2.39. The predicted molar refractivity (Wildman–Crippen MR) is 70.0 cm³/mol. The van der Waals surface area contributed by atoms with Crippen LogP contribution in [0.1, 0.15) is 26.2 Å². The third-order valence-electron chi connectivity index (χ3n) is 3.48. The van der Waals surface area contributed by atoms with Crippen LogP contribution in [0.4, 0.5) is 0 Å². The van der Waals surface area contributed by atoms with Gasteiger partial charge in [0.25, 0.3) is 0 Å². The van der Waals surface area contributed by atoms with Gasteiger partial charge in [-0.3, -0.25) is 4.68 Å². The lowest BCUT2D eigenvalue weighted by Gasteiger charge is -2.32. The topological polar surface area (TPSA) is 33.1 Å². The molecule has 1 aliphatic heterocycles. The summed E-state index contributed by atoms with van der Waals surface area (Å²) in [6, 6.07) is 2.73. The molecule has 0 spiro atoms. The highest BCUT2D eigenvalue weighted by atomic mass is 15.3. The summed E-state index contributed by atoms with van der Waals surface area (Å²) in [6.07, 6.45) is 7.70. The van der Waals surface area contributed by atoms with E-state index in [1.54, 1.807) is 0 Å². The van der Waals surface area contributed by atoms with E-state index in [1.807, 2.05) is 23.1 Å². The maximum absolute atomic E-state index is 4.23. The molecule has 0 atom stereocenters. The van der Waals surface area contributed by atoms with Gasteiger partial charge in [-0.15, -0.1) is 0 Å². The molecule has 0 amide bonds. The van der Waals surface area contributed by atoms with E-state index in [-0.39, 0.29) is 0 Å². The van der Waals surface area contributed by atoms with Crippen LogP contribution in [0, 0.1) is 0 Å². The Labute approximate surface area is 104 Å². The van der Waals surface area contributed by atoms with E-state index >= 15 is 0 Å². The Bertz CT molecular complexity index is 288. The van der Waals surface area contributed by atoms with Crippen LogP contribution in [0.15, 0.2) is 18.5 Å². The highest BCUT2D eigenvalue weighted by molar-refractivity contribution is 4.80. The molecule has 1 fully saturated rings. The summed E-state index contributed by atoms with van der Waals surface area (Å²) in [5.74, 6) is 0. The van der Waals surface area contributed by atoms with Crippen LogP contribution in [-0.4, -0.2) is 46.9 Å². The van der Waals surface area contributed by atoms with Crippen molar-refractivity contribution in [3.8, 4) is 0 Å². The zero-order chi connectivity index (χ0) is 11.9. The van der Waals surface area contributed by atoms with Gasteiger partial charge in [-0.05, 0) is 45.0 Å². The Morgan fingerprint density at radius 3 is 2.76 bits per heavy atom. The first-order chi connectivity index (χ1) is 8.38. The highest BCUT2D eigenvalue weighted by Gasteiger charge is 2.17. The molecule has 1 aromatic heterocycles. The fraction of sp³-hybridized carbons (Fsp3) is 0.769. The standard InChI is InChI=1S/C13H24N4/c1-2-6-14-13-4-9-16(10-5-13)11-12-17-8-3-7-15-17/h3,7-8,13-14H,2,4-6,9-12H2,1H3. The van der Waals surface area contributed by atoms with E-state index in [1.165, 1.54) is 32.4 Å².